The van der Waals surface area contributed by atoms with Gasteiger partial charge in [0.15, 0.2) is 0 Å². The molecule has 0 aromatic carbocycles. The van der Waals surface area contributed by atoms with Crippen molar-refractivity contribution in [1.29, 1.82) is 0 Å². The van der Waals surface area contributed by atoms with Gasteiger partial charge >= 0.3 is 0 Å². The Balaban J connectivity index is -0.000000180. The molecule has 0 heterocycles. The summed E-state index contributed by atoms with van der Waals surface area (Å²) in [7, 11) is 0. The Hall–Kier alpha value is 1.00. The molecule has 0 aromatic heterocycles. The molecule has 28 heavy (non-hydrogen) atoms. The van der Waals surface area contributed by atoms with Crippen molar-refractivity contribution in [1.82, 2.24) is 9.80 Å². The normalized spacial score (nSPS) is 26.6. The molecule has 2 saturated carbocycles. The first-order valence-electron chi connectivity index (χ1n) is 10.5. The van der Waals surface area contributed by atoms with E-state index >= 15 is 0 Å². The topological polar surface area (TPSA) is 58.5 Å². The quantitative estimate of drug-likeness (QED) is 0.562. The lowest BCUT2D eigenvalue weighted by Gasteiger charge is -2.34. The van der Waals surface area contributed by atoms with Crippen molar-refractivity contribution in [2.24, 2.45) is 11.5 Å². The van der Waals surface area contributed by atoms with Gasteiger partial charge < -0.3 is 21.3 Å². The molecule has 0 spiro atoms. The largest absolute Gasteiger partial charge is 0.328 e. The second kappa shape index (κ2) is 21.2. The van der Waals surface area contributed by atoms with Gasteiger partial charge in [0.05, 0.1) is 0 Å². The number of nitrogens with zero attached hydrogens (tertiary/aromatic N) is 2. The third-order valence-corrected chi connectivity index (χ3v) is 6.14. The fraction of sp³-hybridized carbons (Fsp3) is 1.00. The maximum Gasteiger partial charge on any atom is 0.00961 e. The highest BCUT2D eigenvalue weighted by molar-refractivity contribution is 5.86. The Morgan fingerprint density at radius 3 is 0.893 bits per heavy atom. The Labute approximate surface area is 199 Å². The highest BCUT2D eigenvalue weighted by Gasteiger charge is 2.22. The van der Waals surface area contributed by atoms with Gasteiger partial charge in [-0.15, -0.1) is 49.6 Å². The van der Waals surface area contributed by atoms with Gasteiger partial charge in [-0.05, 0) is 77.5 Å². The summed E-state index contributed by atoms with van der Waals surface area (Å²) in [6.07, 6.45) is 10.1. The van der Waals surface area contributed by atoms with E-state index in [0.29, 0.717) is 12.1 Å². The SMILES string of the molecule is CCN(CC)C1CCC(N)CC1.CCN(CC)C1CCC(N)CC1.Cl.Cl.Cl.Cl. The molecule has 0 bridgehead atoms. The highest BCUT2D eigenvalue weighted by atomic mass is 35.5. The zero-order valence-corrected chi connectivity index (χ0v) is 21.7. The smallest absolute Gasteiger partial charge is 0.00961 e. The Morgan fingerprint density at radius 1 is 0.500 bits per heavy atom. The summed E-state index contributed by atoms with van der Waals surface area (Å²) in [5.74, 6) is 0. The van der Waals surface area contributed by atoms with Crippen LogP contribution in [0.3, 0.4) is 0 Å². The minimum absolute atomic E-state index is 0. The lowest BCUT2D eigenvalue weighted by molar-refractivity contribution is 0.164. The number of rotatable bonds is 6. The van der Waals surface area contributed by atoms with Gasteiger partial charge in [-0.1, -0.05) is 27.7 Å². The average Bonchev–Trinajstić information content (AvgIpc) is 2.61. The van der Waals surface area contributed by atoms with Crippen LogP contribution >= 0.6 is 49.6 Å². The molecule has 0 unspecified atom stereocenters. The Morgan fingerprint density at radius 2 is 0.714 bits per heavy atom. The standard InChI is InChI=1S/2C10H22N2.4ClH/c2*1-3-12(4-2)10-7-5-9(11)6-8-10;;;;/h2*9-10H,3-8,11H2,1-2H3;4*1H. The van der Waals surface area contributed by atoms with E-state index in [2.05, 4.69) is 37.5 Å². The molecule has 2 aliphatic rings. The first kappa shape index (κ1) is 36.4. The molecule has 0 radical (unpaired) electrons. The molecule has 2 aliphatic carbocycles. The van der Waals surface area contributed by atoms with Crippen LogP contribution in [-0.4, -0.2) is 60.1 Å². The van der Waals surface area contributed by atoms with Crippen LogP contribution in [0.5, 0.6) is 0 Å². The molecule has 0 amide bonds. The summed E-state index contributed by atoms with van der Waals surface area (Å²) in [4.78, 5) is 5.12. The minimum Gasteiger partial charge on any atom is -0.328 e. The van der Waals surface area contributed by atoms with Crippen molar-refractivity contribution in [2.45, 2.75) is 103 Å². The predicted molar refractivity (Wildman–Crippen MR) is 135 cm³/mol. The molecule has 0 saturated heterocycles. The van der Waals surface area contributed by atoms with Crippen LogP contribution in [0.4, 0.5) is 0 Å². The van der Waals surface area contributed by atoms with Gasteiger partial charge in [0.25, 0.3) is 0 Å². The molecule has 0 aromatic rings. The number of halogens is 4. The van der Waals surface area contributed by atoms with E-state index < -0.39 is 0 Å². The summed E-state index contributed by atoms with van der Waals surface area (Å²) >= 11 is 0. The third-order valence-electron chi connectivity index (χ3n) is 6.14. The maximum absolute atomic E-state index is 5.86. The van der Waals surface area contributed by atoms with Gasteiger partial charge in [-0.2, -0.15) is 0 Å². The summed E-state index contributed by atoms with van der Waals surface area (Å²) in [6.45, 7) is 13.8. The van der Waals surface area contributed by atoms with Gasteiger partial charge in [0.2, 0.25) is 0 Å². The van der Waals surface area contributed by atoms with Gasteiger partial charge in [0.1, 0.15) is 0 Å². The van der Waals surface area contributed by atoms with Crippen molar-refractivity contribution in [3.8, 4) is 0 Å². The third kappa shape index (κ3) is 13.3. The molecule has 8 heteroatoms. The molecule has 176 valence electrons. The van der Waals surface area contributed by atoms with Crippen molar-refractivity contribution in [2.75, 3.05) is 26.2 Å². The highest BCUT2D eigenvalue weighted by Crippen LogP contribution is 2.22. The van der Waals surface area contributed by atoms with Crippen molar-refractivity contribution >= 4 is 49.6 Å². The summed E-state index contributed by atoms with van der Waals surface area (Å²) in [5, 5.41) is 0. The van der Waals surface area contributed by atoms with E-state index in [0.717, 1.165) is 12.1 Å². The van der Waals surface area contributed by atoms with Crippen LogP contribution in [0, 0.1) is 0 Å². The lowest BCUT2D eigenvalue weighted by atomic mass is 9.91. The first-order valence-corrected chi connectivity index (χ1v) is 10.5. The van der Waals surface area contributed by atoms with Gasteiger partial charge in [0, 0.05) is 24.2 Å². The van der Waals surface area contributed by atoms with E-state index in [4.69, 9.17) is 11.5 Å². The molecule has 4 nitrogen and oxygen atoms in total. The molecule has 0 aliphatic heterocycles. The van der Waals surface area contributed by atoms with Crippen LogP contribution in [0.15, 0.2) is 0 Å². The van der Waals surface area contributed by atoms with E-state index in [1.807, 2.05) is 0 Å². The number of hydrogen-bond acceptors (Lipinski definition) is 4. The number of hydrogen-bond donors (Lipinski definition) is 2. The van der Waals surface area contributed by atoms with Gasteiger partial charge in [-0.25, -0.2) is 0 Å². The fourth-order valence-corrected chi connectivity index (χ4v) is 4.41. The predicted octanol–water partition coefficient (Wildman–Crippen LogP) is 4.88. The minimum atomic E-state index is 0. The average molecular weight is 486 g/mol. The molecular formula is C20H48Cl4N4. The van der Waals surface area contributed by atoms with E-state index in [-0.39, 0.29) is 49.6 Å². The van der Waals surface area contributed by atoms with Crippen molar-refractivity contribution < 1.29 is 0 Å². The fourth-order valence-electron chi connectivity index (χ4n) is 4.41. The zero-order valence-electron chi connectivity index (χ0n) is 18.5. The van der Waals surface area contributed by atoms with Crippen molar-refractivity contribution in [3.63, 3.8) is 0 Å². The second-order valence-corrected chi connectivity index (χ2v) is 7.58. The summed E-state index contributed by atoms with van der Waals surface area (Å²) in [6, 6.07) is 2.60. The Bertz CT molecular complexity index is 273. The van der Waals surface area contributed by atoms with Crippen molar-refractivity contribution in [3.05, 3.63) is 0 Å². The monoisotopic (exact) mass is 484 g/mol. The molecule has 4 N–H and O–H groups in total. The van der Waals surface area contributed by atoms with Crippen LogP contribution in [0.1, 0.15) is 79.1 Å². The van der Waals surface area contributed by atoms with E-state index in [1.165, 1.54) is 77.5 Å². The number of nitrogens with two attached hydrogens (primary N) is 2. The molecular weight excluding hydrogens is 438 g/mol. The second-order valence-electron chi connectivity index (χ2n) is 7.58. The molecule has 2 fully saturated rings. The van der Waals surface area contributed by atoms with Crippen LogP contribution < -0.4 is 11.5 Å². The summed E-state index contributed by atoms with van der Waals surface area (Å²) < 4.78 is 0. The van der Waals surface area contributed by atoms with E-state index in [1.54, 1.807) is 0 Å². The molecule has 2 rings (SSSR count). The van der Waals surface area contributed by atoms with Gasteiger partial charge in [-0.3, -0.25) is 0 Å². The van der Waals surface area contributed by atoms with E-state index in [9.17, 15) is 0 Å². The Kier molecular flexibility index (Phi) is 27.6. The van der Waals surface area contributed by atoms with Crippen LogP contribution in [-0.2, 0) is 0 Å². The first-order chi connectivity index (χ1) is 11.5. The van der Waals surface area contributed by atoms with Crippen LogP contribution in [0.2, 0.25) is 0 Å². The lowest BCUT2D eigenvalue weighted by Crippen LogP contribution is -2.40. The summed E-state index contributed by atoms with van der Waals surface area (Å²) in [5.41, 5.74) is 11.7. The molecule has 0 atom stereocenters. The maximum atomic E-state index is 5.86. The zero-order chi connectivity index (χ0) is 17.9. The van der Waals surface area contributed by atoms with Crippen LogP contribution in [0.25, 0.3) is 0 Å².